The molecule has 21 heavy (non-hydrogen) atoms. The normalized spacial score (nSPS) is 10.2. The second kappa shape index (κ2) is 6.45. The number of benzene rings is 1. The Morgan fingerprint density at radius 2 is 2.14 bits per heavy atom. The molecule has 0 saturated heterocycles. The Balaban J connectivity index is 2.14. The number of carbonyl (C=O) groups excluding carboxylic acids is 1. The van der Waals surface area contributed by atoms with Crippen molar-refractivity contribution in [1.82, 2.24) is 4.98 Å². The number of carbonyl (C=O) groups is 1. The molecule has 0 aliphatic heterocycles. The average molecular weight is 350 g/mol. The molecule has 2 rings (SSSR count). The molecule has 6 nitrogen and oxygen atoms in total. The number of halogens is 1. The molecule has 1 aromatic carbocycles. The molecule has 0 saturated carbocycles. The summed E-state index contributed by atoms with van der Waals surface area (Å²) in [7, 11) is 0. The van der Waals surface area contributed by atoms with Crippen LogP contribution < -0.4 is 5.32 Å². The number of rotatable bonds is 4. The SMILES string of the molecule is Cc1cc(Br)cnc1NC(=O)Cc1ccccc1[N+](=O)[O-]. The lowest BCUT2D eigenvalue weighted by Gasteiger charge is -2.08. The largest absolute Gasteiger partial charge is 0.310 e. The van der Waals surface area contributed by atoms with Crippen molar-refractivity contribution in [1.29, 1.82) is 0 Å². The second-order valence-electron chi connectivity index (χ2n) is 4.43. The number of amides is 1. The van der Waals surface area contributed by atoms with E-state index in [1.165, 1.54) is 6.07 Å². The number of hydrogen-bond donors (Lipinski definition) is 1. The summed E-state index contributed by atoms with van der Waals surface area (Å²) in [6, 6.07) is 8.01. The van der Waals surface area contributed by atoms with Crippen LogP contribution in [0.5, 0.6) is 0 Å². The van der Waals surface area contributed by atoms with Crippen LogP contribution in [0, 0.1) is 17.0 Å². The molecule has 0 fully saturated rings. The Bertz CT molecular complexity index is 704. The smallest absolute Gasteiger partial charge is 0.273 e. The first-order chi connectivity index (χ1) is 9.97. The van der Waals surface area contributed by atoms with Crippen molar-refractivity contribution in [3.63, 3.8) is 0 Å². The fraction of sp³-hybridized carbons (Fsp3) is 0.143. The standard InChI is InChI=1S/C14H12BrN3O3/c1-9-6-11(15)8-16-14(9)17-13(19)7-10-4-2-3-5-12(10)18(20)21/h2-6,8H,7H2,1H3,(H,16,17,19). The predicted octanol–water partition coefficient (Wildman–Crippen LogP) is 3.24. The van der Waals surface area contributed by atoms with Gasteiger partial charge in [0.25, 0.3) is 5.69 Å². The monoisotopic (exact) mass is 349 g/mol. The molecule has 7 heteroatoms. The van der Waals surface area contributed by atoms with Crippen molar-refractivity contribution >= 4 is 33.3 Å². The van der Waals surface area contributed by atoms with E-state index in [-0.39, 0.29) is 18.0 Å². The van der Waals surface area contributed by atoms with Gasteiger partial charge < -0.3 is 5.32 Å². The third-order valence-corrected chi connectivity index (χ3v) is 3.28. The van der Waals surface area contributed by atoms with Crippen LogP contribution in [-0.2, 0) is 11.2 Å². The fourth-order valence-corrected chi connectivity index (χ4v) is 2.30. The number of anilines is 1. The summed E-state index contributed by atoms with van der Waals surface area (Å²) < 4.78 is 0.816. The van der Waals surface area contributed by atoms with Crippen molar-refractivity contribution in [2.75, 3.05) is 5.32 Å². The van der Waals surface area contributed by atoms with Crippen LogP contribution in [0.15, 0.2) is 41.0 Å². The van der Waals surface area contributed by atoms with Gasteiger partial charge in [-0.15, -0.1) is 0 Å². The van der Waals surface area contributed by atoms with E-state index in [1.54, 1.807) is 24.4 Å². The highest BCUT2D eigenvalue weighted by Gasteiger charge is 2.16. The van der Waals surface area contributed by atoms with E-state index in [4.69, 9.17) is 0 Å². The van der Waals surface area contributed by atoms with E-state index in [0.29, 0.717) is 11.4 Å². The topological polar surface area (TPSA) is 85.1 Å². The lowest BCUT2D eigenvalue weighted by atomic mass is 10.1. The van der Waals surface area contributed by atoms with Crippen LogP contribution >= 0.6 is 15.9 Å². The maximum absolute atomic E-state index is 12.0. The Kier molecular flexibility index (Phi) is 4.64. The van der Waals surface area contributed by atoms with Crippen LogP contribution in [0.4, 0.5) is 11.5 Å². The van der Waals surface area contributed by atoms with Gasteiger partial charge in [0.05, 0.1) is 11.3 Å². The third kappa shape index (κ3) is 3.85. The molecular formula is C14H12BrN3O3. The Morgan fingerprint density at radius 3 is 2.81 bits per heavy atom. The number of aryl methyl sites for hydroxylation is 1. The van der Waals surface area contributed by atoms with Crippen LogP contribution in [0.25, 0.3) is 0 Å². The third-order valence-electron chi connectivity index (χ3n) is 2.84. The number of nitrogens with zero attached hydrogens (tertiary/aromatic N) is 2. The van der Waals surface area contributed by atoms with Gasteiger partial charge in [-0.3, -0.25) is 14.9 Å². The van der Waals surface area contributed by atoms with E-state index >= 15 is 0 Å². The summed E-state index contributed by atoms with van der Waals surface area (Å²) >= 11 is 3.29. The molecule has 1 N–H and O–H groups in total. The molecule has 0 radical (unpaired) electrons. The Morgan fingerprint density at radius 1 is 1.43 bits per heavy atom. The van der Waals surface area contributed by atoms with Crippen molar-refractivity contribution in [3.8, 4) is 0 Å². The van der Waals surface area contributed by atoms with E-state index in [0.717, 1.165) is 10.0 Å². The number of nitro groups is 1. The predicted molar refractivity (Wildman–Crippen MR) is 82.1 cm³/mol. The molecule has 0 aliphatic rings. The molecule has 1 heterocycles. The molecule has 108 valence electrons. The van der Waals surface area contributed by atoms with Gasteiger partial charge in [-0.25, -0.2) is 4.98 Å². The van der Waals surface area contributed by atoms with Gasteiger partial charge in [0.2, 0.25) is 5.91 Å². The number of nitro benzene ring substituents is 1. The Hall–Kier alpha value is -2.28. The zero-order chi connectivity index (χ0) is 15.4. The molecule has 0 bridgehead atoms. The highest BCUT2D eigenvalue weighted by atomic mass is 79.9. The van der Waals surface area contributed by atoms with Crippen LogP contribution in [0.3, 0.4) is 0 Å². The van der Waals surface area contributed by atoms with Gasteiger partial charge in [-0.2, -0.15) is 0 Å². The summed E-state index contributed by atoms with van der Waals surface area (Å²) in [5.41, 5.74) is 1.11. The van der Waals surface area contributed by atoms with Crippen molar-refractivity contribution in [2.24, 2.45) is 0 Å². The number of pyridine rings is 1. The van der Waals surface area contributed by atoms with Crippen LogP contribution in [0.1, 0.15) is 11.1 Å². The van der Waals surface area contributed by atoms with E-state index < -0.39 is 4.92 Å². The maximum Gasteiger partial charge on any atom is 0.273 e. The average Bonchev–Trinajstić information content (AvgIpc) is 2.42. The summed E-state index contributed by atoms with van der Waals surface area (Å²) in [5.74, 6) is 0.101. The highest BCUT2D eigenvalue weighted by molar-refractivity contribution is 9.10. The lowest BCUT2D eigenvalue weighted by Crippen LogP contribution is -2.16. The van der Waals surface area contributed by atoms with Crippen molar-refractivity contribution in [3.05, 3.63) is 62.2 Å². The first-order valence-electron chi connectivity index (χ1n) is 6.11. The molecule has 1 aromatic heterocycles. The minimum absolute atomic E-state index is 0.0619. The molecule has 0 atom stereocenters. The summed E-state index contributed by atoms with van der Waals surface area (Å²) in [5, 5.41) is 13.6. The maximum atomic E-state index is 12.0. The number of aromatic nitrogens is 1. The minimum Gasteiger partial charge on any atom is -0.310 e. The molecule has 0 unspecified atom stereocenters. The van der Waals surface area contributed by atoms with Crippen LogP contribution in [0.2, 0.25) is 0 Å². The lowest BCUT2D eigenvalue weighted by molar-refractivity contribution is -0.385. The number of nitrogens with one attached hydrogen (secondary N) is 1. The second-order valence-corrected chi connectivity index (χ2v) is 5.35. The Labute approximate surface area is 129 Å². The molecule has 0 aliphatic carbocycles. The van der Waals surface area contributed by atoms with Crippen LogP contribution in [-0.4, -0.2) is 15.8 Å². The van der Waals surface area contributed by atoms with Gasteiger partial charge in [0.15, 0.2) is 0 Å². The highest BCUT2D eigenvalue weighted by Crippen LogP contribution is 2.20. The van der Waals surface area contributed by atoms with Gasteiger partial charge in [-0.1, -0.05) is 18.2 Å². The summed E-state index contributed by atoms with van der Waals surface area (Å²) in [4.78, 5) is 26.5. The molecule has 2 aromatic rings. The molecular weight excluding hydrogens is 338 g/mol. The van der Waals surface area contributed by atoms with Crippen molar-refractivity contribution < 1.29 is 9.72 Å². The van der Waals surface area contributed by atoms with Gasteiger partial charge in [-0.05, 0) is 34.5 Å². The first kappa shape index (κ1) is 15.1. The van der Waals surface area contributed by atoms with Gasteiger partial charge in [0.1, 0.15) is 5.82 Å². The minimum atomic E-state index is -0.494. The molecule has 0 spiro atoms. The quantitative estimate of drug-likeness (QED) is 0.678. The number of para-hydroxylation sites is 1. The summed E-state index contributed by atoms with van der Waals surface area (Å²) in [6.45, 7) is 1.82. The van der Waals surface area contributed by atoms with Gasteiger partial charge in [0, 0.05) is 22.3 Å². The van der Waals surface area contributed by atoms with E-state index in [2.05, 4.69) is 26.2 Å². The first-order valence-corrected chi connectivity index (χ1v) is 6.91. The van der Waals surface area contributed by atoms with E-state index in [1.807, 2.05) is 13.0 Å². The fourth-order valence-electron chi connectivity index (χ4n) is 1.86. The van der Waals surface area contributed by atoms with Gasteiger partial charge >= 0.3 is 0 Å². The number of hydrogen-bond acceptors (Lipinski definition) is 4. The van der Waals surface area contributed by atoms with Crippen molar-refractivity contribution in [2.45, 2.75) is 13.3 Å². The molecule has 1 amide bonds. The zero-order valence-electron chi connectivity index (χ0n) is 11.2. The van der Waals surface area contributed by atoms with E-state index in [9.17, 15) is 14.9 Å². The zero-order valence-corrected chi connectivity index (χ0v) is 12.8. The summed E-state index contributed by atoms with van der Waals surface area (Å²) in [6.07, 6.45) is 1.50.